The molecule has 0 saturated carbocycles. The predicted octanol–water partition coefficient (Wildman–Crippen LogP) is 3.26. The fourth-order valence-electron chi connectivity index (χ4n) is 1.99. The van der Waals surface area contributed by atoms with E-state index in [4.69, 9.17) is 0 Å². The van der Waals surface area contributed by atoms with E-state index < -0.39 is 10.0 Å². The van der Waals surface area contributed by atoms with Gasteiger partial charge in [0.05, 0.1) is 4.90 Å². The van der Waals surface area contributed by atoms with Crippen LogP contribution in [0, 0.1) is 5.92 Å². The summed E-state index contributed by atoms with van der Waals surface area (Å²) in [4.78, 5) is 12.4. The number of carbonyl (C=O) groups is 1. The number of carbonyl (C=O) groups excluding carboxylic acids is 1. The molecule has 24 heavy (non-hydrogen) atoms. The summed E-state index contributed by atoms with van der Waals surface area (Å²) in [5.74, 6) is 0.0886. The molecule has 0 fully saturated rings. The minimum atomic E-state index is -3.67. The maximum atomic E-state index is 12.3. The van der Waals surface area contributed by atoms with Crippen LogP contribution in [0.5, 0.6) is 0 Å². The normalized spacial score (nSPS) is 12.7. The summed E-state index contributed by atoms with van der Waals surface area (Å²) in [6, 6.07) is 14.6. The minimum absolute atomic E-state index is 0.0298. The number of anilines is 1. The quantitative estimate of drug-likeness (QED) is 0.843. The fourth-order valence-corrected chi connectivity index (χ4v) is 3.06. The molecule has 128 valence electrons. The molecule has 5 nitrogen and oxygen atoms in total. The summed E-state index contributed by atoms with van der Waals surface area (Å²) in [7, 11) is -3.67. The van der Waals surface area contributed by atoms with Gasteiger partial charge < -0.3 is 5.32 Å². The third-order valence-corrected chi connectivity index (χ3v) is 5.19. The molecule has 0 aromatic heterocycles. The first-order valence-corrected chi connectivity index (χ1v) is 9.26. The Hall–Kier alpha value is -2.34. The molecule has 0 heterocycles. The zero-order valence-corrected chi connectivity index (χ0v) is 14.8. The fraction of sp³-hybridized carbons (Fsp3) is 0.278. The van der Waals surface area contributed by atoms with E-state index in [2.05, 4.69) is 10.0 Å². The lowest BCUT2D eigenvalue weighted by molar-refractivity contribution is 0.0930. The van der Waals surface area contributed by atoms with Gasteiger partial charge in [0.1, 0.15) is 0 Å². The number of benzene rings is 2. The van der Waals surface area contributed by atoms with Crippen molar-refractivity contribution >= 4 is 21.6 Å². The molecule has 6 heteroatoms. The molecule has 0 spiro atoms. The van der Waals surface area contributed by atoms with E-state index >= 15 is 0 Å². The van der Waals surface area contributed by atoms with E-state index in [1.54, 1.807) is 36.4 Å². The molecule has 1 amide bonds. The molecule has 1 atom stereocenters. The van der Waals surface area contributed by atoms with E-state index in [1.165, 1.54) is 18.2 Å². The van der Waals surface area contributed by atoms with Crippen LogP contribution < -0.4 is 10.0 Å². The number of hydrogen-bond donors (Lipinski definition) is 2. The van der Waals surface area contributed by atoms with Crippen molar-refractivity contribution in [3.05, 3.63) is 60.2 Å². The van der Waals surface area contributed by atoms with Gasteiger partial charge in [-0.25, -0.2) is 8.42 Å². The Bertz CT molecular complexity index is 802. The first kappa shape index (κ1) is 18.0. The zero-order valence-electron chi connectivity index (χ0n) is 14.0. The highest BCUT2D eigenvalue weighted by Gasteiger charge is 2.16. The topological polar surface area (TPSA) is 75.3 Å². The Morgan fingerprint density at radius 2 is 1.62 bits per heavy atom. The number of rotatable bonds is 6. The standard InChI is InChI=1S/C18H22N2O3S/c1-13(2)14(3)19-18(21)15-8-7-9-16(12-15)20-24(22,23)17-10-5-4-6-11-17/h4-14,20H,1-3H3,(H,19,21)/t14-/m0/s1. The second-order valence-electron chi connectivity index (χ2n) is 6.01. The third-order valence-electron chi connectivity index (χ3n) is 3.79. The molecule has 0 aliphatic rings. The van der Waals surface area contributed by atoms with E-state index in [-0.39, 0.29) is 16.8 Å². The van der Waals surface area contributed by atoms with Gasteiger partial charge in [-0.1, -0.05) is 38.1 Å². The minimum Gasteiger partial charge on any atom is -0.349 e. The van der Waals surface area contributed by atoms with Crippen LogP contribution in [0.25, 0.3) is 0 Å². The van der Waals surface area contributed by atoms with Crippen molar-refractivity contribution in [2.24, 2.45) is 5.92 Å². The van der Waals surface area contributed by atoms with Crippen LogP contribution in [0.15, 0.2) is 59.5 Å². The Kier molecular flexibility index (Phi) is 5.62. The Labute approximate surface area is 143 Å². The number of nitrogens with one attached hydrogen (secondary N) is 2. The Morgan fingerprint density at radius 3 is 2.25 bits per heavy atom. The summed E-state index contributed by atoms with van der Waals surface area (Å²) in [5, 5.41) is 2.90. The van der Waals surface area contributed by atoms with Crippen LogP contribution >= 0.6 is 0 Å². The number of sulfonamides is 1. The van der Waals surface area contributed by atoms with Gasteiger partial charge in [0.15, 0.2) is 0 Å². The maximum absolute atomic E-state index is 12.3. The van der Waals surface area contributed by atoms with Gasteiger partial charge in [0, 0.05) is 17.3 Å². The van der Waals surface area contributed by atoms with Gasteiger partial charge >= 0.3 is 0 Å². The molecular formula is C18H22N2O3S. The van der Waals surface area contributed by atoms with E-state index in [0.29, 0.717) is 17.2 Å². The van der Waals surface area contributed by atoms with E-state index in [1.807, 2.05) is 20.8 Å². The van der Waals surface area contributed by atoms with Crippen molar-refractivity contribution in [1.29, 1.82) is 0 Å². The Balaban J connectivity index is 2.18. The molecule has 0 aliphatic heterocycles. The number of hydrogen-bond acceptors (Lipinski definition) is 3. The summed E-state index contributed by atoms with van der Waals surface area (Å²) >= 11 is 0. The smallest absolute Gasteiger partial charge is 0.261 e. The van der Waals surface area contributed by atoms with Gasteiger partial charge in [0.25, 0.3) is 15.9 Å². The summed E-state index contributed by atoms with van der Waals surface area (Å²) in [6.45, 7) is 5.98. The van der Waals surface area contributed by atoms with Crippen molar-refractivity contribution in [2.75, 3.05) is 4.72 Å². The highest BCUT2D eigenvalue weighted by atomic mass is 32.2. The molecule has 0 bridgehead atoms. The average Bonchev–Trinajstić information content (AvgIpc) is 2.55. The van der Waals surface area contributed by atoms with Crippen molar-refractivity contribution < 1.29 is 13.2 Å². The molecule has 0 aliphatic carbocycles. The van der Waals surface area contributed by atoms with Crippen LogP contribution in [0.2, 0.25) is 0 Å². The second kappa shape index (κ2) is 7.49. The summed E-state index contributed by atoms with van der Waals surface area (Å²) in [6.07, 6.45) is 0. The van der Waals surface area contributed by atoms with Crippen LogP contribution in [0.1, 0.15) is 31.1 Å². The highest BCUT2D eigenvalue weighted by molar-refractivity contribution is 7.92. The van der Waals surface area contributed by atoms with Crippen LogP contribution in [0.4, 0.5) is 5.69 Å². The van der Waals surface area contributed by atoms with Crippen LogP contribution in [-0.4, -0.2) is 20.4 Å². The van der Waals surface area contributed by atoms with Gasteiger partial charge in [-0.2, -0.15) is 0 Å². The van der Waals surface area contributed by atoms with Gasteiger partial charge in [-0.3, -0.25) is 9.52 Å². The van der Waals surface area contributed by atoms with Crippen molar-refractivity contribution in [2.45, 2.75) is 31.7 Å². The zero-order chi connectivity index (χ0) is 17.7. The lowest BCUT2D eigenvalue weighted by atomic mass is 10.1. The maximum Gasteiger partial charge on any atom is 0.261 e. The molecule has 2 rings (SSSR count). The summed E-state index contributed by atoms with van der Waals surface area (Å²) < 4.78 is 27.2. The molecular weight excluding hydrogens is 324 g/mol. The van der Waals surface area contributed by atoms with E-state index in [0.717, 1.165) is 0 Å². The second-order valence-corrected chi connectivity index (χ2v) is 7.69. The first-order valence-electron chi connectivity index (χ1n) is 7.78. The third kappa shape index (κ3) is 4.58. The molecule has 0 radical (unpaired) electrons. The molecule has 2 N–H and O–H groups in total. The van der Waals surface area contributed by atoms with Crippen LogP contribution in [0.3, 0.4) is 0 Å². The first-order chi connectivity index (χ1) is 11.3. The van der Waals surface area contributed by atoms with Crippen LogP contribution in [-0.2, 0) is 10.0 Å². The van der Waals surface area contributed by atoms with Gasteiger partial charge in [0.2, 0.25) is 0 Å². The van der Waals surface area contributed by atoms with Gasteiger partial charge in [-0.05, 0) is 43.2 Å². The molecule has 0 unspecified atom stereocenters. The molecule has 2 aromatic carbocycles. The largest absolute Gasteiger partial charge is 0.349 e. The van der Waals surface area contributed by atoms with E-state index in [9.17, 15) is 13.2 Å². The van der Waals surface area contributed by atoms with Crippen molar-refractivity contribution in [3.8, 4) is 0 Å². The SMILES string of the molecule is CC(C)[C@H](C)NC(=O)c1cccc(NS(=O)(=O)c2ccccc2)c1. The monoisotopic (exact) mass is 346 g/mol. The lowest BCUT2D eigenvalue weighted by Gasteiger charge is -2.17. The molecule has 0 saturated heterocycles. The van der Waals surface area contributed by atoms with Crippen molar-refractivity contribution in [1.82, 2.24) is 5.32 Å². The highest BCUT2D eigenvalue weighted by Crippen LogP contribution is 2.17. The van der Waals surface area contributed by atoms with Gasteiger partial charge in [-0.15, -0.1) is 0 Å². The summed E-state index contributed by atoms with van der Waals surface area (Å²) in [5.41, 5.74) is 0.763. The predicted molar refractivity (Wildman–Crippen MR) is 95.5 cm³/mol. The average molecular weight is 346 g/mol. The van der Waals surface area contributed by atoms with Crippen molar-refractivity contribution in [3.63, 3.8) is 0 Å². The Morgan fingerprint density at radius 1 is 0.958 bits per heavy atom. The lowest BCUT2D eigenvalue weighted by Crippen LogP contribution is -2.36. The number of amides is 1. The molecule has 2 aromatic rings.